The van der Waals surface area contributed by atoms with Gasteiger partial charge in [-0.15, -0.1) is 22.7 Å². The Bertz CT molecular complexity index is 524. The fourth-order valence-corrected chi connectivity index (χ4v) is 4.19. The maximum absolute atomic E-state index is 4.68. The molecule has 0 unspecified atom stereocenters. The van der Waals surface area contributed by atoms with Gasteiger partial charge in [0.1, 0.15) is 5.01 Å². The molecule has 2 aromatic rings. The van der Waals surface area contributed by atoms with Crippen molar-refractivity contribution in [2.45, 2.75) is 33.0 Å². The highest BCUT2D eigenvalue weighted by Gasteiger charge is 2.07. The molecule has 0 aliphatic carbocycles. The predicted molar refractivity (Wildman–Crippen MR) is 91.3 cm³/mol. The molecule has 110 valence electrons. The molecule has 0 amide bonds. The third-order valence-corrected chi connectivity index (χ3v) is 5.36. The number of hydrogen-bond acceptors (Lipinski definition) is 5. The smallest absolute Gasteiger partial charge is 0.107 e. The van der Waals surface area contributed by atoms with Gasteiger partial charge < -0.3 is 5.32 Å². The van der Waals surface area contributed by atoms with E-state index in [1.165, 1.54) is 20.1 Å². The number of thiazole rings is 1. The van der Waals surface area contributed by atoms with Crippen LogP contribution in [0.15, 0.2) is 21.3 Å². The number of aromatic nitrogens is 1. The average molecular weight is 374 g/mol. The Labute approximate surface area is 137 Å². The molecule has 6 heteroatoms. The van der Waals surface area contributed by atoms with Crippen LogP contribution in [0, 0.1) is 0 Å². The summed E-state index contributed by atoms with van der Waals surface area (Å²) in [5.41, 5.74) is 1.17. The zero-order chi connectivity index (χ0) is 14.4. The van der Waals surface area contributed by atoms with Gasteiger partial charge in [0, 0.05) is 39.7 Å². The van der Waals surface area contributed by atoms with Crippen LogP contribution in [0.2, 0.25) is 0 Å². The van der Waals surface area contributed by atoms with Crippen LogP contribution in [0.5, 0.6) is 0 Å². The van der Waals surface area contributed by atoms with Crippen molar-refractivity contribution in [3.63, 3.8) is 0 Å². The van der Waals surface area contributed by atoms with Gasteiger partial charge in [-0.1, -0.05) is 6.92 Å². The topological polar surface area (TPSA) is 28.2 Å². The van der Waals surface area contributed by atoms with Crippen LogP contribution in [0.3, 0.4) is 0 Å². The lowest BCUT2D eigenvalue weighted by molar-refractivity contribution is 0.318. The Kier molecular flexibility index (Phi) is 6.64. The molecule has 2 rings (SSSR count). The van der Waals surface area contributed by atoms with Crippen molar-refractivity contribution in [2.75, 3.05) is 13.6 Å². The van der Waals surface area contributed by atoms with Gasteiger partial charge in [-0.2, -0.15) is 0 Å². The van der Waals surface area contributed by atoms with E-state index in [1.54, 1.807) is 22.7 Å². The van der Waals surface area contributed by atoms with Gasteiger partial charge in [0.05, 0.1) is 5.69 Å². The van der Waals surface area contributed by atoms with E-state index >= 15 is 0 Å². The first-order valence-corrected chi connectivity index (χ1v) is 9.28. The minimum atomic E-state index is 0.889. The van der Waals surface area contributed by atoms with Crippen LogP contribution in [0.1, 0.15) is 28.9 Å². The van der Waals surface area contributed by atoms with Crippen molar-refractivity contribution in [1.29, 1.82) is 0 Å². The fraction of sp³-hybridized carbons (Fsp3) is 0.500. The van der Waals surface area contributed by atoms with E-state index in [1.807, 2.05) is 0 Å². The molecule has 0 fully saturated rings. The summed E-state index contributed by atoms with van der Waals surface area (Å²) in [4.78, 5) is 8.35. The summed E-state index contributed by atoms with van der Waals surface area (Å²) in [5, 5.41) is 8.87. The molecule has 0 aliphatic heterocycles. The summed E-state index contributed by atoms with van der Waals surface area (Å²) in [6, 6.07) is 2.18. The van der Waals surface area contributed by atoms with Gasteiger partial charge in [-0.25, -0.2) is 4.98 Å². The molecule has 3 nitrogen and oxygen atoms in total. The van der Waals surface area contributed by atoms with Gasteiger partial charge in [0.25, 0.3) is 0 Å². The molecule has 0 bridgehead atoms. The lowest BCUT2D eigenvalue weighted by Gasteiger charge is -2.13. The summed E-state index contributed by atoms with van der Waals surface area (Å²) in [5.74, 6) is 0. The quantitative estimate of drug-likeness (QED) is 0.706. The highest BCUT2D eigenvalue weighted by Crippen LogP contribution is 2.21. The second-order valence-corrected chi connectivity index (χ2v) is 7.67. The lowest BCUT2D eigenvalue weighted by Crippen LogP contribution is -2.17. The Hall–Kier alpha value is -0.270. The van der Waals surface area contributed by atoms with E-state index in [0.29, 0.717) is 0 Å². The van der Waals surface area contributed by atoms with E-state index in [4.69, 9.17) is 0 Å². The Morgan fingerprint density at radius 2 is 2.15 bits per heavy atom. The summed E-state index contributed by atoms with van der Waals surface area (Å²) in [7, 11) is 2.14. The van der Waals surface area contributed by atoms with Crippen LogP contribution in [0.4, 0.5) is 0 Å². The molecule has 0 radical (unpaired) electrons. The SMILES string of the molecule is CCCNCc1nc(CN(C)Cc2cc(Br)cs2)cs1. The Balaban J connectivity index is 1.80. The van der Waals surface area contributed by atoms with E-state index in [0.717, 1.165) is 32.6 Å². The van der Waals surface area contributed by atoms with Crippen LogP contribution in [0.25, 0.3) is 0 Å². The monoisotopic (exact) mass is 373 g/mol. The first-order chi connectivity index (χ1) is 9.67. The molecule has 0 aliphatic rings. The molecule has 2 aromatic heterocycles. The summed E-state index contributed by atoms with van der Waals surface area (Å²) < 4.78 is 1.17. The average Bonchev–Trinajstić information content (AvgIpc) is 2.99. The predicted octanol–water partition coefficient (Wildman–Crippen LogP) is 4.10. The molecule has 0 spiro atoms. The van der Waals surface area contributed by atoms with E-state index < -0.39 is 0 Å². The number of halogens is 1. The van der Waals surface area contributed by atoms with Crippen LogP contribution in [-0.4, -0.2) is 23.5 Å². The second-order valence-electron chi connectivity index (χ2n) is 4.81. The van der Waals surface area contributed by atoms with Crippen molar-refractivity contribution >= 4 is 38.6 Å². The first kappa shape index (κ1) is 16.1. The van der Waals surface area contributed by atoms with Gasteiger partial charge in [-0.05, 0) is 42.0 Å². The summed E-state index contributed by atoms with van der Waals surface area (Å²) in [6.07, 6.45) is 1.16. The Morgan fingerprint density at radius 3 is 2.85 bits per heavy atom. The maximum atomic E-state index is 4.68. The maximum Gasteiger partial charge on any atom is 0.107 e. The van der Waals surface area contributed by atoms with Crippen LogP contribution in [-0.2, 0) is 19.6 Å². The molecule has 0 saturated carbocycles. The molecule has 20 heavy (non-hydrogen) atoms. The summed E-state index contributed by atoms with van der Waals surface area (Å²) >= 11 is 7.03. The highest BCUT2D eigenvalue weighted by molar-refractivity contribution is 9.10. The number of rotatable bonds is 8. The standard InChI is InChI=1S/C14H20BrN3S2/c1-3-4-16-6-14-17-12(10-20-14)7-18(2)8-13-5-11(15)9-19-13/h5,9-10,16H,3-4,6-8H2,1-2H3. The van der Waals surface area contributed by atoms with Crippen molar-refractivity contribution in [1.82, 2.24) is 15.2 Å². The molecular weight excluding hydrogens is 354 g/mol. The highest BCUT2D eigenvalue weighted by atomic mass is 79.9. The molecule has 2 heterocycles. The zero-order valence-electron chi connectivity index (χ0n) is 11.9. The molecule has 0 aromatic carbocycles. The fourth-order valence-electron chi connectivity index (χ4n) is 1.91. The number of hydrogen-bond donors (Lipinski definition) is 1. The largest absolute Gasteiger partial charge is 0.310 e. The van der Waals surface area contributed by atoms with E-state index in [9.17, 15) is 0 Å². The minimum Gasteiger partial charge on any atom is -0.310 e. The number of thiophene rings is 1. The zero-order valence-corrected chi connectivity index (χ0v) is 15.1. The van der Waals surface area contributed by atoms with Gasteiger partial charge in [-0.3, -0.25) is 4.90 Å². The Morgan fingerprint density at radius 1 is 1.30 bits per heavy atom. The molecule has 0 saturated heterocycles. The minimum absolute atomic E-state index is 0.889. The van der Waals surface area contributed by atoms with Crippen molar-refractivity contribution in [3.8, 4) is 0 Å². The van der Waals surface area contributed by atoms with E-state index in [2.05, 4.69) is 61.9 Å². The van der Waals surface area contributed by atoms with E-state index in [-0.39, 0.29) is 0 Å². The summed E-state index contributed by atoms with van der Waals surface area (Å²) in [6.45, 7) is 6.00. The second kappa shape index (κ2) is 8.24. The normalized spacial score (nSPS) is 11.4. The first-order valence-electron chi connectivity index (χ1n) is 6.73. The number of nitrogens with one attached hydrogen (secondary N) is 1. The van der Waals surface area contributed by atoms with Crippen molar-refractivity contribution < 1.29 is 0 Å². The number of nitrogens with zero attached hydrogens (tertiary/aromatic N) is 2. The van der Waals surface area contributed by atoms with Gasteiger partial charge in [0.2, 0.25) is 0 Å². The van der Waals surface area contributed by atoms with Crippen molar-refractivity contribution in [2.24, 2.45) is 0 Å². The van der Waals surface area contributed by atoms with Gasteiger partial charge in [0.15, 0.2) is 0 Å². The molecule has 0 atom stereocenters. The van der Waals surface area contributed by atoms with Crippen molar-refractivity contribution in [3.05, 3.63) is 36.9 Å². The van der Waals surface area contributed by atoms with Crippen LogP contribution >= 0.6 is 38.6 Å². The molecular formula is C14H20BrN3S2. The van der Waals surface area contributed by atoms with Crippen LogP contribution < -0.4 is 5.32 Å². The molecule has 1 N–H and O–H groups in total. The van der Waals surface area contributed by atoms with Gasteiger partial charge >= 0.3 is 0 Å². The third kappa shape index (κ3) is 5.26. The third-order valence-electron chi connectivity index (χ3n) is 2.78. The lowest BCUT2D eigenvalue weighted by atomic mass is 10.4.